The van der Waals surface area contributed by atoms with E-state index in [1.165, 1.54) is 0 Å². The van der Waals surface area contributed by atoms with Gasteiger partial charge in [0, 0.05) is 6.42 Å². The highest BCUT2D eigenvalue weighted by atomic mass is 16.4. The zero-order chi connectivity index (χ0) is 16.4. The fourth-order valence-corrected chi connectivity index (χ4v) is 3.00. The Labute approximate surface area is 135 Å². The van der Waals surface area contributed by atoms with Gasteiger partial charge in [-0.05, 0) is 23.6 Å². The van der Waals surface area contributed by atoms with Crippen molar-refractivity contribution in [1.82, 2.24) is 9.55 Å². The van der Waals surface area contributed by atoms with Crippen LogP contribution in [0.4, 0.5) is 0 Å². The first-order valence-electron chi connectivity index (χ1n) is 7.80. The predicted octanol–water partition coefficient (Wildman–Crippen LogP) is 3.91. The summed E-state index contributed by atoms with van der Waals surface area (Å²) in [6.07, 6.45) is 0.617. The van der Waals surface area contributed by atoms with Crippen molar-refractivity contribution in [3.63, 3.8) is 0 Å². The number of hydrogen-bond donors (Lipinski definition) is 1. The number of aliphatic carboxylic acids is 1. The number of imidazole rings is 1. The van der Waals surface area contributed by atoms with Crippen LogP contribution in [0.5, 0.6) is 0 Å². The minimum atomic E-state index is -0.822. The van der Waals surface area contributed by atoms with E-state index in [9.17, 15) is 9.90 Å². The van der Waals surface area contributed by atoms with Crippen LogP contribution in [0.25, 0.3) is 11.0 Å². The molecule has 3 aromatic rings. The Balaban J connectivity index is 2.16. The number of para-hydroxylation sites is 2. The van der Waals surface area contributed by atoms with Crippen LogP contribution in [0.15, 0.2) is 54.6 Å². The fraction of sp³-hybridized carbons (Fsp3) is 0.263. The summed E-state index contributed by atoms with van der Waals surface area (Å²) < 4.78 is 1.88. The summed E-state index contributed by atoms with van der Waals surface area (Å²) >= 11 is 0. The third-order valence-electron chi connectivity index (χ3n) is 4.04. The quantitative estimate of drug-likeness (QED) is 0.777. The van der Waals surface area contributed by atoms with E-state index in [1.54, 1.807) is 0 Å². The Morgan fingerprint density at radius 1 is 1.09 bits per heavy atom. The second kappa shape index (κ2) is 6.24. The van der Waals surface area contributed by atoms with Crippen LogP contribution >= 0.6 is 0 Å². The maximum atomic E-state index is 11.8. The van der Waals surface area contributed by atoms with Gasteiger partial charge in [0.1, 0.15) is 11.9 Å². The van der Waals surface area contributed by atoms with E-state index >= 15 is 0 Å². The van der Waals surface area contributed by atoms with E-state index in [1.807, 2.05) is 73.0 Å². The molecule has 1 heterocycles. The normalized spacial score (nSPS) is 12.7. The highest BCUT2D eigenvalue weighted by molar-refractivity contribution is 5.80. The molecule has 2 aromatic carbocycles. The lowest BCUT2D eigenvalue weighted by Crippen LogP contribution is -2.25. The summed E-state index contributed by atoms with van der Waals surface area (Å²) in [6, 6.07) is 17.1. The number of aromatic nitrogens is 2. The third-order valence-corrected chi connectivity index (χ3v) is 4.04. The summed E-state index contributed by atoms with van der Waals surface area (Å²) in [7, 11) is 0. The highest BCUT2D eigenvalue weighted by Crippen LogP contribution is 2.27. The molecule has 0 saturated carbocycles. The zero-order valence-electron chi connectivity index (χ0n) is 13.3. The topological polar surface area (TPSA) is 55.1 Å². The number of nitrogens with zero attached hydrogens (tertiary/aromatic N) is 2. The summed E-state index contributed by atoms with van der Waals surface area (Å²) in [5.74, 6) is -0.0596. The van der Waals surface area contributed by atoms with Crippen molar-refractivity contribution in [3.05, 3.63) is 66.0 Å². The molecule has 0 amide bonds. The number of fused-ring (bicyclic) bond motifs is 1. The molecule has 1 aromatic heterocycles. The van der Waals surface area contributed by atoms with Crippen LogP contribution < -0.4 is 0 Å². The second-order valence-corrected chi connectivity index (χ2v) is 6.08. The first kappa shape index (κ1) is 15.3. The van der Waals surface area contributed by atoms with E-state index in [-0.39, 0.29) is 5.92 Å². The molecule has 0 aliphatic carbocycles. The smallest absolute Gasteiger partial charge is 0.327 e. The number of rotatable bonds is 5. The molecule has 4 nitrogen and oxygen atoms in total. The van der Waals surface area contributed by atoms with Gasteiger partial charge in [-0.25, -0.2) is 9.78 Å². The van der Waals surface area contributed by atoms with E-state index in [4.69, 9.17) is 4.98 Å². The van der Waals surface area contributed by atoms with Gasteiger partial charge in [-0.1, -0.05) is 56.3 Å². The molecule has 1 unspecified atom stereocenters. The molecule has 3 rings (SSSR count). The van der Waals surface area contributed by atoms with Gasteiger partial charge >= 0.3 is 5.97 Å². The Morgan fingerprint density at radius 3 is 2.39 bits per heavy atom. The summed E-state index contributed by atoms with van der Waals surface area (Å²) in [5.41, 5.74) is 2.84. The average Bonchev–Trinajstić information content (AvgIpc) is 2.86. The van der Waals surface area contributed by atoms with Crippen molar-refractivity contribution in [2.75, 3.05) is 0 Å². The van der Waals surface area contributed by atoms with Gasteiger partial charge in [0.2, 0.25) is 0 Å². The summed E-state index contributed by atoms with van der Waals surface area (Å²) in [6.45, 7) is 3.86. The standard InChI is InChI=1S/C19H20N2O2/c1-13(2)18(19(22)23)21-16-11-7-6-10-15(16)20-17(21)12-14-8-4-3-5-9-14/h3-11,13,18H,12H2,1-2H3,(H,22,23). The molecule has 0 aliphatic heterocycles. The molecule has 0 spiro atoms. The molecule has 0 bridgehead atoms. The molecule has 0 radical (unpaired) electrons. The Kier molecular flexibility index (Phi) is 4.15. The number of hydrogen-bond acceptors (Lipinski definition) is 2. The number of carboxylic acids is 1. The molecule has 0 saturated heterocycles. The molecule has 0 fully saturated rings. The van der Waals surface area contributed by atoms with Crippen molar-refractivity contribution in [1.29, 1.82) is 0 Å². The minimum Gasteiger partial charge on any atom is -0.480 e. The Bertz CT molecular complexity index is 822. The van der Waals surface area contributed by atoms with E-state index in [0.29, 0.717) is 6.42 Å². The van der Waals surface area contributed by atoms with Crippen LogP contribution in [0, 0.1) is 5.92 Å². The SMILES string of the molecule is CC(C)C(C(=O)O)n1c(Cc2ccccc2)nc2ccccc21. The van der Waals surface area contributed by atoms with Crippen molar-refractivity contribution in [2.45, 2.75) is 26.3 Å². The molecule has 1 N–H and O–H groups in total. The largest absolute Gasteiger partial charge is 0.480 e. The number of carbonyl (C=O) groups is 1. The molecule has 118 valence electrons. The monoisotopic (exact) mass is 308 g/mol. The van der Waals surface area contributed by atoms with Gasteiger partial charge in [0.05, 0.1) is 11.0 Å². The van der Waals surface area contributed by atoms with Gasteiger partial charge in [-0.2, -0.15) is 0 Å². The van der Waals surface area contributed by atoms with Gasteiger partial charge in [0.25, 0.3) is 0 Å². The van der Waals surface area contributed by atoms with E-state index < -0.39 is 12.0 Å². The number of benzene rings is 2. The molecule has 23 heavy (non-hydrogen) atoms. The zero-order valence-corrected chi connectivity index (χ0v) is 13.3. The molecular formula is C19H20N2O2. The van der Waals surface area contributed by atoms with Crippen molar-refractivity contribution in [2.24, 2.45) is 5.92 Å². The molecular weight excluding hydrogens is 288 g/mol. The Hall–Kier alpha value is -2.62. The van der Waals surface area contributed by atoms with E-state index in [2.05, 4.69) is 0 Å². The van der Waals surface area contributed by atoms with Crippen LogP contribution in [0.1, 0.15) is 31.3 Å². The highest BCUT2D eigenvalue weighted by Gasteiger charge is 2.27. The van der Waals surface area contributed by atoms with Gasteiger partial charge in [0.15, 0.2) is 0 Å². The second-order valence-electron chi connectivity index (χ2n) is 6.08. The van der Waals surface area contributed by atoms with Crippen LogP contribution in [-0.2, 0) is 11.2 Å². The van der Waals surface area contributed by atoms with Gasteiger partial charge in [-0.15, -0.1) is 0 Å². The van der Waals surface area contributed by atoms with Crippen LogP contribution in [-0.4, -0.2) is 20.6 Å². The lowest BCUT2D eigenvalue weighted by atomic mass is 10.0. The van der Waals surface area contributed by atoms with Crippen LogP contribution in [0.2, 0.25) is 0 Å². The number of carboxylic acid groups (broad SMARTS) is 1. The lowest BCUT2D eigenvalue weighted by Gasteiger charge is -2.21. The summed E-state index contributed by atoms with van der Waals surface area (Å²) in [5, 5.41) is 9.72. The minimum absolute atomic E-state index is 0.0281. The van der Waals surface area contributed by atoms with E-state index in [0.717, 1.165) is 22.4 Å². The van der Waals surface area contributed by atoms with Crippen molar-refractivity contribution in [3.8, 4) is 0 Å². The maximum Gasteiger partial charge on any atom is 0.327 e. The van der Waals surface area contributed by atoms with Gasteiger partial charge < -0.3 is 9.67 Å². The molecule has 4 heteroatoms. The average molecular weight is 308 g/mol. The Morgan fingerprint density at radius 2 is 1.74 bits per heavy atom. The fourth-order valence-electron chi connectivity index (χ4n) is 3.00. The maximum absolute atomic E-state index is 11.8. The first-order chi connectivity index (χ1) is 11.1. The first-order valence-corrected chi connectivity index (χ1v) is 7.80. The van der Waals surface area contributed by atoms with Crippen molar-refractivity contribution >= 4 is 17.0 Å². The molecule has 1 atom stereocenters. The molecule has 0 aliphatic rings. The summed E-state index contributed by atoms with van der Waals surface area (Å²) in [4.78, 5) is 16.5. The van der Waals surface area contributed by atoms with Crippen molar-refractivity contribution < 1.29 is 9.90 Å². The predicted molar refractivity (Wildman–Crippen MR) is 90.5 cm³/mol. The third kappa shape index (κ3) is 2.97. The van der Waals surface area contributed by atoms with Crippen LogP contribution in [0.3, 0.4) is 0 Å². The van der Waals surface area contributed by atoms with Gasteiger partial charge in [-0.3, -0.25) is 0 Å². The lowest BCUT2D eigenvalue weighted by molar-refractivity contribution is -0.142.